The molecule has 1 fully saturated rings. The highest BCUT2D eigenvalue weighted by atomic mass is 16.6. The largest absolute Gasteiger partial charge is 0.444 e. The molecule has 1 unspecified atom stereocenters. The predicted octanol–water partition coefficient (Wildman–Crippen LogP) is 3.64. The molecule has 20 heavy (non-hydrogen) atoms. The maximum Gasteiger partial charge on any atom is 0.410 e. The Hall–Kier alpha value is -1.06. The average Bonchev–Trinajstić information content (AvgIpc) is 2.38. The van der Waals surface area contributed by atoms with Gasteiger partial charge >= 0.3 is 6.09 Å². The number of ether oxygens (including phenoxy) is 1. The molecule has 1 atom stereocenters. The zero-order valence-electron chi connectivity index (χ0n) is 13.5. The van der Waals surface area contributed by atoms with Crippen molar-refractivity contribution in [2.45, 2.75) is 71.4 Å². The smallest absolute Gasteiger partial charge is 0.410 e. The van der Waals surface area contributed by atoms with E-state index in [1.54, 1.807) is 7.05 Å². The quantitative estimate of drug-likeness (QED) is 0.740. The third kappa shape index (κ3) is 4.80. The molecular formula is C16H29NO3. The van der Waals surface area contributed by atoms with Crippen molar-refractivity contribution in [2.24, 2.45) is 11.8 Å². The van der Waals surface area contributed by atoms with Crippen molar-refractivity contribution in [3.8, 4) is 0 Å². The lowest BCUT2D eigenvalue weighted by Crippen LogP contribution is -2.46. The molecule has 0 aromatic heterocycles. The van der Waals surface area contributed by atoms with Crippen LogP contribution in [-0.2, 0) is 9.53 Å². The Balaban J connectivity index is 2.61. The zero-order chi connectivity index (χ0) is 15.3. The first kappa shape index (κ1) is 17.0. The molecule has 0 heterocycles. The SMILES string of the molecule is CCC1CCC(C(C=O)N(C)C(=O)OC(C)(C)C)CC1. The second-order valence-electron chi connectivity index (χ2n) is 6.91. The Labute approximate surface area is 122 Å². The summed E-state index contributed by atoms with van der Waals surface area (Å²) in [6, 6.07) is -0.359. The minimum Gasteiger partial charge on any atom is -0.444 e. The lowest BCUT2D eigenvalue weighted by Gasteiger charge is -2.36. The van der Waals surface area contributed by atoms with E-state index in [1.165, 1.54) is 11.3 Å². The van der Waals surface area contributed by atoms with Crippen molar-refractivity contribution in [3.05, 3.63) is 0 Å². The molecular weight excluding hydrogens is 254 g/mol. The Morgan fingerprint density at radius 2 is 1.85 bits per heavy atom. The number of hydrogen-bond donors (Lipinski definition) is 0. The summed E-state index contributed by atoms with van der Waals surface area (Å²) in [4.78, 5) is 25.0. The van der Waals surface area contributed by atoms with Crippen LogP contribution in [0.15, 0.2) is 0 Å². The predicted molar refractivity (Wildman–Crippen MR) is 79.6 cm³/mol. The van der Waals surface area contributed by atoms with Crippen molar-refractivity contribution in [1.82, 2.24) is 4.90 Å². The van der Waals surface area contributed by atoms with Gasteiger partial charge < -0.3 is 14.4 Å². The summed E-state index contributed by atoms with van der Waals surface area (Å²) in [5, 5.41) is 0. The van der Waals surface area contributed by atoms with Crippen LogP contribution in [0, 0.1) is 11.8 Å². The summed E-state index contributed by atoms with van der Waals surface area (Å²) < 4.78 is 5.34. The van der Waals surface area contributed by atoms with Gasteiger partial charge in [-0.05, 0) is 45.4 Å². The van der Waals surface area contributed by atoms with Crippen molar-refractivity contribution in [3.63, 3.8) is 0 Å². The van der Waals surface area contributed by atoms with E-state index in [0.717, 1.165) is 37.9 Å². The van der Waals surface area contributed by atoms with Gasteiger partial charge in [0.05, 0.1) is 6.04 Å². The third-order valence-corrected chi connectivity index (χ3v) is 4.22. The first-order chi connectivity index (χ1) is 9.28. The summed E-state index contributed by atoms with van der Waals surface area (Å²) in [6.07, 6.45) is 6.07. The molecule has 0 aromatic rings. The molecule has 1 amide bonds. The van der Waals surface area contributed by atoms with Crippen LogP contribution < -0.4 is 0 Å². The molecule has 1 aliphatic carbocycles. The number of rotatable bonds is 4. The zero-order valence-corrected chi connectivity index (χ0v) is 13.5. The third-order valence-electron chi connectivity index (χ3n) is 4.22. The Morgan fingerprint density at radius 3 is 2.25 bits per heavy atom. The number of amides is 1. The second-order valence-corrected chi connectivity index (χ2v) is 6.91. The lowest BCUT2D eigenvalue weighted by atomic mass is 9.77. The van der Waals surface area contributed by atoms with Crippen molar-refractivity contribution in [2.75, 3.05) is 7.05 Å². The highest BCUT2D eigenvalue weighted by Crippen LogP contribution is 2.33. The molecule has 0 N–H and O–H groups in total. The number of likely N-dealkylation sites (N-methyl/N-ethyl adjacent to an activating group) is 1. The molecule has 1 rings (SSSR count). The lowest BCUT2D eigenvalue weighted by molar-refractivity contribution is -0.114. The van der Waals surface area contributed by atoms with Crippen molar-refractivity contribution < 1.29 is 14.3 Å². The van der Waals surface area contributed by atoms with E-state index in [1.807, 2.05) is 20.8 Å². The summed E-state index contributed by atoms with van der Waals surface area (Å²) in [5.74, 6) is 1.05. The van der Waals surface area contributed by atoms with Crippen molar-refractivity contribution >= 4 is 12.4 Å². The molecule has 0 radical (unpaired) electrons. The van der Waals surface area contributed by atoms with Gasteiger partial charge in [-0.2, -0.15) is 0 Å². The van der Waals surface area contributed by atoms with Crippen LogP contribution >= 0.6 is 0 Å². The molecule has 4 nitrogen and oxygen atoms in total. The molecule has 4 heteroatoms. The van der Waals surface area contributed by atoms with Gasteiger partial charge in [0.15, 0.2) is 0 Å². The van der Waals surface area contributed by atoms with E-state index < -0.39 is 11.7 Å². The number of carbonyl (C=O) groups is 2. The Kier molecular flexibility index (Phi) is 6.03. The summed E-state index contributed by atoms with van der Waals surface area (Å²) in [7, 11) is 1.67. The fourth-order valence-electron chi connectivity index (χ4n) is 2.91. The van der Waals surface area contributed by atoms with E-state index in [9.17, 15) is 9.59 Å². The fourth-order valence-corrected chi connectivity index (χ4v) is 2.91. The Morgan fingerprint density at radius 1 is 1.30 bits per heavy atom. The van der Waals surface area contributed by atoms with Crippen LogP contribution in [0.25, 0.3) is 0 Å². The maximum atomic E-state index is 12.1. The minimum atomic E-state index is -0.529. The van der Waals surface area contributed by atoms with Crippen LogP contribution in [0.4, 0.5) is 4.79 Å². The van der Waals surface area contributed by atoms with Gasteiger partial charge in [-0.1, -0.05) is 26.2 Å². The fraction of sp³-hybridized carbons (Fsp3) is 0.875. The summed E-state index contributed by atoms with van der Waals surface area (Å²) >= 11 is 0. The second kappa shape index (κ2) is 7.09. The topological polar surface area (TPSA) is 46.6 Å². The van der Waals surface area contributed by atoms with Crippen LogP contribution in [0.2, 0.25) is 0 Å². The van der Waals surface area contributed by atoms with Gasteiger partial charge in [0, 0.05) is 7.05 Å². The minimum absolute atomic E-state index is 0.271. The molecule has 116 valence electrons. The van der Waals surface area contributed by atoms with Crippen LogP contribution in [0.1, 0.15) is 59.8 Å². The van der Waals surface area contributed by atoms with E-state index in [2.05, 4.69) is 6.92 Å². The van der Waals surface area contributed by atoms with Gasteiger partial charge in [0.2, 0.25) is 0 Å². The monoisotopic (exact) mass is 283 g/mol. The van der Waals surface area contributed by atoms with Gasteiger partial charge in [-0.3, -0.25) is 0 Å². The van der Waals surface area contributed by atoms with Crippen molar-refractivity contribution in [1.29, 1.82) is 0 Å². The van der Waals surface area contributed by atoms with Gasteiger partial charge in [0.1, 0.15) is 11.9 Å². The average molecular weight is 283 g/mol. The van der Waals surface area contributed by atoms with E-state index >= 15 is 0 Å². The molecule has 0 spiro atoms. The summed E-state index contributed by atoms with van der Waals surface area (Å²) in [6.45, 7) is 7.72. The standard InChI is InChI=1S/C16H29NO3/c1-6-12-7-9-13(10-8-12)14(11-18)17(5)15(19)20-16(2,3)4/h11-14H,6-10H2,1-5H3. The van der Waals surface area contributed by atoms with E-state index in [4.69, 9.17) is 4.74 Å². The molecule has 0 bridgehead atoms. The number of nitrogens with zero attached hydrogens (tertiary/aromatic N) is 1. The number of aldehydes is 1. The van der Waals surface area contributed by atoms with E-state index in [-0.39, 0.29) is 12.0 Å². The van der Waals surface area contributed by atoms with Crippen LogP contribution in [0.3, 0.4) is 0 Å². The first-order valence-electron chi connectivity index (χ1n) is 7.69. The summed E-state index contributed by atoms with van der Waals surface area (Å²) in [5.41, 5.74) is -0.529. The highest BCUT2D eigenvalue weighted by Gasteiger charge is 2.33. The maximum absolute atomic E-state index is 12.1. The molecule has 0 aliphatic heterocycles. The molecule has 1 saturated carbocycles. The van der Waals surface area contributed by atoms with Gasteiger partial charge in [-0.15, -0.1) is 0 Å². The number of hydrogen-bond acceptors (Lipinski definition) is 3. The number of carbonyl (C=O) groups excluding carboxylic acids is 2. The van der Waals surface area contributed by atoms with Crippen LogP contribution in [0.5, 0.6) is 0 Å². The highest BCUT2D eigenvalue weighted by molar-refractivity contribution is 5.73. The molecule has 1 aliphatic rings. The van der Waals surface area contributed by atoms with Gasteiger partial charge in [0.25, 0.3) is 0 Å². The molecule has 0 saturated heterocycles. The van der Waals surface area contributed by atoms with E-state index in [0.29, 0.717) is 0 Å². The molecule has 0 aromatic carbocycles. The van der Waals surface area contributed by atoms with Crippen LogP contribution in [-0.4, -0.2) is 36.0 Å². The normalized spacial score (nSPS) is 24.9. The van der Waals surface area contributed by atoms with Gasteiger partial charge in [-0.25, -0.2) is 4.79 Å². The Bertz CT molecular complexity index is 327. The first-order valence-corrected chi connectivity index (χ1v) is 7.69.